The predicted octanol–water partition coefficient (Wildman–Crippen LogP) is 2.89. The van der Waals surface area contributed by atoms with Crippen molar-refractivity contribution in [2.45, 2.75) is 58.0 Å². The van der Waals surface area contributed by atoms with E-state index in [1.54, 1.807) is 19.1 Å². The monoisotopic (exact) mass is 362 g/mol. The third-order valence-corrected chi connectivity index (χ3v) is 4.85. The van der Waals surface area contributed by atoms with Gasteiger partial charge in [-0.25, -0.2) is 0 Å². The van der Waals surface area contributed by atoms with Gasteiger partial charge in [-0.3, -0.25) is 9.59 Å². The Labute approximate surface area is 155 Å². The average Bonchev–Trinajstić information content (AvgIpc) is 2.65. The molecule has 1 aromatic carbocycles. The molecule has 0 heterocycles. The van der Waals surface area contributed by atoms with Crippen molar-refractivity contribution in [2.24, 2.45) is 0 Å². The highest BCUT2D eigenvalue weighted by atomic mass is 16.5. The van der Waals surface area contributed by atoms with Crippen LogP contribution in [0.2, 0.25) is 0 Å². The van der Waals surface area contributed by atoms with Crippen molar-refractivity contribution in [3.63, 3.8) is 0 Å². The number of nitrogens with one attached hydrogen (secondary N) is 1. The molecule has 1 fully saturated rings. The van der Waals surface area contributed by atoms with E-state index in [9.17, 15) is 9.59 Å². The zero-order valence-electron chi connectivity index (χ0n) is 16.0. The summed E-state index contributed by atoms with van der Waals surface area (Å²) in [5, 5.41) is 3.10. The molecule has 0 saturated heterocycles. The fourth-order valence-corrected chi connectivity index (χ4v) is 3.33. The summed E-state index contributed by atoms with van der Waals surface area (Å²) in [6.45, 7) is 2.37. The van der Waals surface area contributed by atoms with E-state index in [0.717, 1.165) is 18.4 Å². The highest BCUT2D eigenvalue weighted by Gasteiger charge is 2.17. The summed E-state index contributed by atoms with van der Waals surface area (Å²) in [4.78, 5) is 25.8. The van der Waals surface area contributed by atoms with E-state index in [2.05, 4.69) is 5.32 Å². The topological polar surface area (TPSA) is 67.9 Å². The van der Waals surface area contributed by atoms with E-state index in [4.69, 9.17) is 9.47 Å². The van der Waals surface area contributed by atoms with Gasteiger partial charge >= 0.3 is 0 Å². The lowest BCUT2D eigenvalue weighted by Crippen LogP contribution is -2.39. The van der Waals surface area contributed by atoms with Gasteiger partial charge in [0.2, 0.25) is 11.8 Å². The van der Waals surface area contributed by atoms with E-state index in [1.807, 2.05) is 18.2 Å². The van der Waals surface area contributed by atoms with E-state index >= 15 is 0 Å². The summed E-state index contributed by atoms with van der Waals surface area (Å²) in [5.41, 5.74) is 0.936. The fourth-order valence-electron chi connectivity index (χ4n) is 3.33. The first-order valence-corrected chi connectivity index (χ1v) is 9.29. The maximum absolute atomic E-state index is 12.2. The van der Waals surface area contributed by atoms with Gasteiger partial charge in [0.25, 0.3) is 0 Å². The van der Waals surface area contributed by atoms with Crippen LogP contribution in [0.15, 0.2) is 18.2 Å². The second kappa shape index (κ2) is 10.0. The van der Waals surface area contributed by atoms with Crippen LogP contribution in [0.4, 0.5) is 0 Å². The van der Waals surface area contributed by atoms with Gasteiger partial charge in [-0.05, 0) is 30.5 Å². The number of nitrogens with zero attached hydrogens (tertiary/aromatic N) is 1. The molecule has 1 saturated carbocycles. The zero-order valence-corrected chi connectivity index (χ0v) is 16.0. The first-order valence-electron chi connectivity index (χ1n) is 9.29. The van der Waals surface area contributed by atoms with E-state index in [0.29, 0.717) is 37.1 Å². The molecule has 144 valence electrons. The van der Waals surface area contributed by atoms with Crippen LogP contribution in [-0.2, 0) is 16.1 Å². The Kier molecular flexibility index (Phi) is 7.75. The van der Waals surface area contributed by atoms with E-state index in [-0.39, 0.29) is 11.8 Å². The number of ether oxygens (including phenoxy) is 2. The Morgan fingerprint density at radius 3 is 2.42 bits per heavy atom. The van der Waals surface area contributed by atoms with Gasteiger partial charge in [-0.1, -0.05) is 25.3 Å². The Balaban J connectivity index is 1.90. The molecule has 0 aromatic heterocycles. The van der Waals surface area contributed by atoms with Crippen molar-refractivity contribution in [2.75, 3.05) is 20.8 Å². The van der Waals surface area contributed by atoms with Crippen LogP contribution in [0.5, 0.6) is 11.5 Å². The zero-order chi connectivity index (χ0) is 18.9. The standard InChI is InChI=1S/C20H30N2O4/c1-15(23)22(12-11-20(24)21-17-7-5-4-6-8-17)14-16-9-10-18(25-2)19(13-16)26-3/h9-10,13,17H,4-8,11-12,14H2,1-3H3,(H,21,24). The molecular formula is C20H30N2O4. The van der Waals surface area contributed by atoms with Crippen LogP contribution < -0.4 is 14.8 Å². The van der Waals surface area contributed by atoms with Crippen molar-refractivity contribution in [1.82, 2.24) is 10.2 Å². The lowest BCUT2D eigenvalue weighted by Gasteiger charge is -2.24. The maximum Gasteiger partial charge on any atom is 0.221 e. The average molecular weight is 362 g/mol. The molecule has 2 amide bonds. The Morgan fingerprint density at radius 2 is 1.81 bits per heavy atom. The Bertz CT molecular complexity index is 612. The molecule has 0 aliphatic heterocycles. The fraction of sp³-hybridized carbons (Fsp3) is 0.600. The number of carbonyl (C=O) groups is 2. The quantitative estimate of drug-likeness (QED) is 0.772. The number of hydrogen-bond donors (Lipinski definition) is 1. The minimum Gasteiger partial charge on any atom is -0.493 e. The SMILES string of the molecule is COc1ccc(CN(CCC(=O)NC2CCCCC2)C(C)=O)cc1OC. The number of methoxy groups -OCH3 is 2. The lowest BCUT2D eigenvalue weighted by molar-refractivity contribution is -0.130. The maximum atomic E-state index is 12.2. The highest BCUT2D eigenvalue weighted by Crippen LogP contribution is 2.28. The number of hydrogen-bond acceptors (Lipinski definition) is 4. The van der Waals surface area contributed by atoms with Gasteiger partial charge in [0, 0.05) is 32.5 Å². The lowest BCUT2D eigenvalue weighted by atomic mass is 9.95. The van der Waals surface area contributed by atoms with Crippen LogP contribution in [0, 0.1) is 0 Å². The van der Waals surface area contributed by atoms with Gasteiger partial charge in [0.05, 0.1) is 14.2 Å². The minimum atomic E-state index is -0.0507. The van der Waals surface area contributed by atoms with Crippen molar-refractivity contribution in [3.8, 4) is 11.5 Å². The second-order valence-electron chi connectivity index (χ2n) is 6.78. The third kappa shape index (κ3) is 5.93. The molecule has 6 heteroatoms. The van der Waals surface area contributed by atoms with E-state index < -0.39 is 0 Å². The van der Waals surface area contributed by atoms with Crippen LogP contribution in [0.25, 0.3) is 0 Å². The molecule has 0 bridgehead atoms. The molecular weight excluding hydrogens is 332 g/mol. The Hall–Kier alpha value is -2.24. The van der Waals surface area contributed by atoms with E-state index in [1.165, 1.54) is 26.2 Å². The minimum absolute atomic E-state index is 0.0236. The molecule has 0 unspecified atom stereocenters. The third-order valence-electron chi connectivity index (χ3n) is 4.85. The van der Waals surface area contributed by atoms with Crippen molar-refractivity contribution < 1.29 is 19.1 Å². The molecule has 0 radical (unpaired) electrons. The first-order chi connectivity index (χ1) is 12.5. The summed E-state index contributed by atoms with van der Waals surface area (Å²) in [7, 11) is 3.17. The summed E-state index contributed by atoms with van der Waals surface area (Å²) in [6.07, 6.45) is 6.08. The molecule has 2 rings (SSSR count). The highest BCUT2D eigenvalue weighted by molar-refractivity contribution is 5.78. The van der Waals surface area contributed by atoms with Crippen molar-refractivity contribution in [1.29, 1.82) is 0 Å². The number of rotatable bonds is 8. The number of carbonyl (C=O) groups excluding carboxylic acids is 2. The van der Waals surface area contributed by atoms with Crippen LogP contribution in [0.1, 0.15) is 51.0 Å². The smallest absolute Gasteiger partial charge is 0.221 e. The van der Waals surface area contributed by atoms with Gasteiger partial charge in [-0.2, -0.15) is 0 Å². The van der Waals surface area contributed by atoms with Crippen LogP contribution in [0.3, 0.4) is 0 Å². The Morgan fingerprint density at radius 1 is 1.12 bits per heavy atom. The molecule has 1 aliphatic rings. The molecule has 1 N–H and O–H groups in total. The summed E-state index contributed by atoms with van der Waals surface area (Å²) in [6, 6.07) is 5.88. The molecule has 0 spiro atoms. The predicted molar refractivity (Wildman–Crippen MR) is 100 cm³/mol. The first kappa shape index (κ1) is 20.1. The molecule has 1 aromatic rings. The van der Waals surface area contributed by atoms with Crippen LogP contribution >= 0.6 is 0 Å². The van der Waals surface area contributed by atoms with Gasteiger partial charge < -0.3 is 19.7 Å². The summed E-state index contributed by atoms with van der Waals surface area (Å²) < 4.78 is 10.5. The summed E-state index contributed by atoms with van der Waals surface area (Å²) in [5.74, 6) is 1.25. The number of amides is 2. The van der Waals surface area contributed by atoms with Gasteiger partial charge in [0.15, 0.2) is 11.5 Å². The molecule has 6 nitrogen and oxygen atoms in total. The largest absolute Gasteiger partial charge is 0.493 e. The molecule has 0 atom stereocenters. The van der Waals surface area contributed by atoms with Crippen LogP contribution in [-0.4, -0.2) is 43.5 Å². The van der Waals surface area contributed by atoms with Crippen molar-refractivity contribution >= 4 is 11.8 Å². The van der Waals surface area contributed by atoms with Gasteiger partial charge in [-0.15, -0.1) is 0 Å². The molecule has 1 aliphatic carbocycles. The summed E-state index contributed by atoms with van der Waals surface area (Å²) >= 11 is 0. The second-order valence-corrected chi connectivity index (χ2v) is 6.78. The van der Waals surface area contributed by atoms with Crippen molar-refractivity contribution in [3.05, 3.63) is 23.8 Å². The molecule has 26 heavy (non-hydrogen) atoms. The normalized spacial score (nSPS) is 14.6. The van der Waals surface area contributed by atoms with Gasteiger partial charge in [0.1, 0.15) is 0 Å². The number of benzene rings is 1.